The normalized spacial score (nSPS) is 15.4. The van der Waals surface area contributed by atoms with E-state index in [1.165, 1.54) is 11.3 Å². The Hall–Kier alpha value is -2.14. The molecule has 0 aliphatic carbocycles. The molecule has 3 rings (SSSR count). The monoisotopic (exact) mass is 329 g/mol. The summed E-state index contributed by atoms with van der Waals surface area (Å²) in [6.07, 6.45) is 1.47. The molecule has 1 amide bonds. The second-order valence-corrected chi connectivity index (χ2v) is 6.58. The number of Topliss-reactive ketones (excluding diaryl/α,β-unsaturated/α-hetero) is 1. The number of ether oxygens (including phenoxy) is 1. The number of carbonyl (C=O) groups is 2. The van der Waals surface area contributed by atoms with Crippen LogP contribution < -0.4 is 4.74 Å². The number of amides is 1. The van der Waals surface area contributed by atoms with E-state index in [0.717, 1.165) is 23.5 Å². The van der Waals surface area contributed by atoms with Crippen molar-refractivity contribution >= 4 is 23.0 Å². The van der Waals surface area contributed by atoms with Crippen LogP contribution in [-0.2, 0) is 0 Å². The van der Waals surface area contributed by atoms with Gasteiger partial charge in [-0.25, -0.2) is 0 Å². The molecule has 1 aromatic carbocycles. The summed E-state index contributed by atoms with van der Waals surface area (Å²) in [6, 6.07) is 10.9. The van der Waals surface area contributed by atoms with Gasteiger partial charge in [-0.1, -0.05) is 6.07 Å². The molecule has 120 valence electrons. The average Bonchev–Trinajstić information content (AvgIpc) is 3.15. The number of rotatable bonds is 4. The molecule has 0 atom stereocenters. The van der Waals surface area contributed by atoms with E-state index in [4.69, 9.17) is 4.74 Å². The van der Waals surface area contributed by atoms with Crippen molar-refractivity contribution < 1.29 is 14.3 Å². The molecule has 1 fully saturated rings. The van der Waals surface area contributed by atoms with E-state index in [1.807, 2.05) is 22.4 Å². The highest BCUT2D eigenvalue weighted by Gasteiger charge is 2.28. The maximum absolute atomic E-state index is 12.5. The van der Waals surface area contributed by atoms with Crippen molar-refractivity contribution in [1.82, 2.24) is 4.90 Å². The first-order valence-electron chi connectivity index (χ1n) is 7.70. The molecule has 1 aliphatic heterocycles. The fraction of sp³-hybridized carbons (Fsp3) is 0.333. The molecule has 1 saturated heterocycles. The number of hydrogen-bond donors (Lipinski definition) is 0. The van der Waals surface area contributed by atoms with Crippen molar-refractivity contribution in [1.29, 1.82) is 0 Å². The van der Waals surface area contributed by atoms with Crippen LogP contribution in [0.5, 0.6) is 5.75 Å². The number of thiophene rings is 1. The minimum atomic E-state index is 0.0228. The van der Waals surface area contributed by atoms with E-state index in [0.29, 0.717) is 18.7 Å². The number of benzene rings is 1. The summed E-state index contributed by atoms with van der Waals surface area (Å²) in [5.74, 6) is 1.02. The van der Waals surface area contributed by atoms with Crippen LogP contribution in [0.3, 0.4) is 0 Å². The van der Waals surface area contributed by atoms with Crippen LogP contribution in [0, 0.1) is 5.92 Å². The van der Waals surface area contributed by atoms with Crippen LogP contribution in [0.4, 0.5) is 0 Å². The summed E-state index contributed by atoms with van der Waals surface area (Å²) in [5, 5.41) is 1.93. The zero-order chi connectivity index (χ0) is 16.2. The average molecular weight is 329 g/mol. The Bertz CT molecular complexity index is 671. The highest BCUT2D eigenvalue weighted by Crippen LogP contribution is 2.25. The quantitative estimate of drug-likeness (QED) is 0.807. The predicted octanol–water partition coefficient (Wildman–Crippen LogP) is 3.49. The smallest absolute Gasteiger partial charge is 0.253 e. The molecule has 0 unspecified atom stereocenters. The van der Waals surface area contributed by atoms with Gasteiger partial charge in [-0.2, -0.15) is 0 Å². The molecule has 5 heteroatoms. The molecule has 0 N–H and O–H groups in total. The fourth-order valence-electron chi connectivity index (χ4n) is 2.88. The molecule has 1 aromatic heterocycles. The lowest BCUT2D eigenvalue weighted by Crippen LogP contribution is -2.40. The summed E-state index contributed by atoms with van der Waals surface area (Å²) >= 11 is 1.49. The minimum absolute atomic E-state index is 0.0228. The Labute approximate surface area is 139 Å². The number of piperidine rings is 1. The van der Waals surface area contributed by atoms with Gasteiger partial charge in [0.15, 0.2) is 5.78 Å². The number of methoxy groups -OCH3 is 1. The van der Waals surface area contributed by atoms with Crippen molar-refractivity contribution in [2.75, 3.05) is 20.2 Å². The molecule has 4 nitrogen and oxygen atoms in total. The maximum Gasteiger partial charge on any atom is 0.253 e. The Kier molecular flexibility index (Phi) is 4.76. The van der Waals surface area contributed by atoms with Gasteiger partial charge < -0.3 is 9.64 Å². The van der Waals surface area contributed by atoms with E-state index in [2.05, 4.69) is 0 Å². The van der Waals surface area contributed by atoms with Gasteiger partial charge in [-0.3, -0.25) is 9.59 Å². The number of hydrogen-bond acceptors (Lipinski definition) is 4. The van der Waals surface area contributed by atoms with Crippen LogP contribution in [-0.4, -0.2) is 36.8 Å². The molecule has 1 aliphatic rings. The second-order valence-electron chi connectivity index (χ2n) is 5.64. The maximum atomic E-state index is 12.5. The van der Waals surface area contributed by atoms with Crippen LogP contribution in [0.25, 0.3) is 0 Å². The van der Waals surface area contributed by atoms with Crippen LogP contribution in [0.2, 0.25) is 0 Å². The van der Waals surface area contributed by atoms with Gasteiger partial charge in [0.1, 0.15) is 5.75 Å². The molecular weight excluding hydrogens is 310 g/mol. The lowest BCUT2D eigenvalue weighted by molar-refractivity contribution is 0.0651. The third-order valence-electron chi connectivity index (χ3n) is 4.25. The van der Waals surface area contributed by atoms with Gasteiger partial charge in [0.05, 0.1) is 12.0 Å². The van der Waals surface area contributed by atoms with Gasteiger partial charge >= 0.3 is 0 Å². The van der Waals surface area contributed by atoms with Crippen LogP contribution in [0.1, 0.15) is 32.9 Å². The fourth-order valence-corrected chi connectivity index (χ4v) is 3.62. The van der Waals surface area contributed by atoms with Gasteiger partial charge in [0, 0.05) is 24.6 Å². The van der Waals surface area contributed by atoms with E-state index in [1.54, 1.807) is 31.4 Å². The summed E-state index contributed by atoms with van der Waals surface area (Å²) < 4.78 is 5.11. The summed E-state index contributed by atoms with van der Waals surface area (Å²) in [5.41, 5.74) is 0.661. The van der Waals surface area contributed by atoms with Crippen LogP contribution in [0.15, 0.2) is 41.8 Å². The van der Waals surface area contributed by atoms with Crippen molar-refractivity contribution in [3.8, 4) is 5.75 Å². The van der Waals surface area contributed by atoms with E-state index < -0.39 is 0 Å². The Morgan fingerprint density at radius 3 is 2.39 bits per heavy atom. The molecular formula is C18H19NO3S. The highest BCUT2D eigenvalue weighted by atomic mass is 32.1. The second kappa shape index (κ2) is 6.96. The third-order valence-corrected chi connectivity index (χ3v) is 5.14. The van der Waals surface area contributed by atoms with Crippen molar-refractivity contribution in [2.45, 2.75) is 12.8 Å². The first-order chi connectivity index (χ1) is 11.2. The Morgan fingerprint density at radius 2 is 1.83 bits per heavy atom. The molecule has 2 heterocycles. The van der Waals surface area contributed by atoms with Crippen molar-refractivity contribution in [2.24, 2.45) is 5.92 Å². The third kappa shape index (κ3) is 3.45. The molecule has 23 heavy (non-hydrogen) atoms. The summed E-state index contributed by atoms with van der Waals surface area (Å²) in [6.45, 7) is 1.26. The van der Waals surface area contributed by atoms with Gasteiger partial charge in [0.25, 0.3) is 5.91 Å². The topological polar surface area (TPSA) is 46.6 Å². The molecule has 2 aromatic rings. The Balaban J connectivity index is 1.59. The number of ketones is 1. The van der Waals surface area contributed by atoms with Crippen molar-refractivity contribution in [3.63, 3.8) is 0 Å². The minimum Gasteiger partial charge on any atom is -0.497 e. The Morgan fingerprint density at radius 1 is 1.13 bits per heavy atom. The molecule has 0 spiro atoms. The number of carbonyl (C=O) groups excluding carboxylic acids is 2. The number of nitrogens with zero attached hydrogens (tertiary/aromatic N) is 1. The van der Waals surface area contributed by atoms with Crippen LogP contribution >= 0.6 is 11.3 Å². The zero-order valence-electron chi connectivity index (χ0n) is 13.0. The standard InChI is InChI=1S/C18H19NO3S/c1-22-15-6-4-14(5-7-15)18(21)19-10-8-13(9-11-19)17(20)16-3-2-12-23-16/h2-7,12-13H,8-11H2,1H3. The molecule has 0 radical (unpaired) electrons. The number of likely N-dealkylation sites (tertiary alicyclic amines) is 1. The van der Waals surface area contributed by atoms with E-state index in [9.17, 15) is 9.59 Å². The lowest BCUT2D eigenvalue weighted by Gasteiger charge is -2.31. The van der Waals surface area contributed by atoms with Gasteiger partial charge in [-0.05, 0) is 48.6 Å². The summed E-state index contributed by atoms with van der Waals surface area (Å²) in [4.78, 5) is 27.5. The predicted molar refractivity (Wildman–Crippen MR) is 90.3 cm³/mol. The molecule has 0 saturated carbocycles. The zero-order valence-corrected chi connectivity index (χ0v) is 13.8. The van der Waals surface area contributed by atoms with Gasteiger partial charge in [-0.15, -0.1) is 11.3 Å². The van der Waals surface area contributed by atoms with Gasteiger partial charge in [0.2, 0.25) is 0 Å². The van der Waals surface area contributed by atoms with E-state index >= 15 is 0 Å². The molecule has 0 bridgehead atoms. The first-order valence-corrected chi connectivity index (χ1v) is 8.58. The summed E-state index contributed by atoms with van der Waals surface area (Å²) in [7, 11) is 1.60. The lowest BCUT2D eigenvalue weighted by atomic mass is 9.91. The first kappa shape index (κ1) is 15.7. The van der Waals surface area contributed by atoms with E-state index in [-0.39, 0.29) is 17.6 Å². The largest absolute Gasteiger partial charge is 0.497 e. The SMILES string of the molecule is COc1ccc(C(=O)N2CCC(C(=O)c3cccs3)CC2)cc1. The highest BCUT2D eigenvalue weighted by molar-refractivity contribution is 7.12. The van der Waals surface area contributed by atoms with Crippen molar-refractivity contribution in [3.05, 3.63) is 52.2 Å².